The number of carbonyl (C=O) groups excluding carboxylic acids is 1. The van der Waals surface area contributed by atoms with Crippen molar-refractivity contribution in [1.82, 2.24) is 9.47 Å². The number of carbonyl (C=O) groups is 2. The molecule has 1 amide bonds. The number of aromatic hydroxyl groups is 1. The van der Waals surface area contributed by atoms with Crippen LogP contribution in [0, 0.1) is 0 Å². The van der Waals surface area contributed by atoms with E-state index in [1.165, 1.54) is 4.57 Å². The number of aromatic nitrogens is 1. The number of nitrogens with zero attached hydrogens (tertiary/aromatic N) is 2. The van der Waals surface area contributed by atoms with E-state index < -0.39 is 34.8 Å². The first-order valence-corrected chi connectivity index (χ1v) is 7.15. The smallest absolute Gasteiger partial charge is 0.341 e. The normalized spacial score (nSPS) is 29.2. The Bertz CT molecular complexity index is 754. The van der Waals surface area contributed by atoms with Crippen LogP contribution in [-0.4, -0.2) is 49.9 Å². The lowest BCUT2D eigenvalue weighted by Gasteiger charge is -2.44. The lowest BCUT2D eigenvalue weighted by Crippen LogP contribution is -2.57. The highest BCUT2D eigenvalue weighted by molar-refractivity contribution is 5.97. The minimum absolute atomic E-state index is 0.0543. The third-order valence-corrected chi connectivity index (χ3v) is 4.69. The van der Waals surface area contributed by atoms with Crippen molar-refractivity contribution in [3.05, 3.63) is 27.7 Å². The molecule has 1 saturated heterocycles. The predicted octanol–water partition coefficient (Wildman–Crippen LogP) is -0.0147. The van der Waals surface area contributed by atoms with Crippen LogP contribution in [0.15, 0.2) is 11.0 Å². The first-order chi connectivity index (χ1) is 10.5. The van der Waals surface area contributed by atoms with Crippen molar-refractivity contribution in [3.63, 3.8) is 0 Å². The maximum Gasteiger partial charge on any atom is 0.341 e. The second kappa shape index (κ2) is 4.33. The Morgan fingerprint density at radius 2 is 2.09 bits per heavy atom. The van der Waals surface area contributed by atoms with E-state index >= 15 is 0 Å². The second-order valence-corrected chi connectivity index (χ2v) is 5.92. The fourth-order valence-corrected chi connectivity index (χ4v) is 3.71. The number of carboxylic acid groups (broad SMARTS) is 1. The van der Waals surface area contributed by atoms with Gasteiger partial charge in [-0.1, -0.05) is 0 Å². The van der Waals surface area contributed by atoms with Crippen LogP contribution in [0.4, 0.5) is 0 Å². The summed E-state index contributed by atoms with van der Waals surface area (Å²) in [5.41, 5.74) is -1.74. The summed E-state index contributed by atoms with van der Waals surface area (Å²) in [5.74, 6) is -2.72. The number of amides is 1. The van der Waals surface area contributed by atoms with Crippen molar-refractivity contribution in [2.24, 2.45) is 0 Å². The van der Waals surface area contributed by atoms with E-state index in [1.807, 2.05) is 0 Å². The summed E-state index contributed by atoms with van der Waals surface area (Å²) in [6.45, 7) is 0.211. The topological polar surface area (TPSA) is 109 Å². The average Bonchev–Trinajstić information content (AvgIpc) is 2.83. The lowest BCUT2D eigenvalue weighted by molar-refractivity contribution is -0.132. The van der Waals surface area contributed by atoms with E-state index in [-0.39, 0.29) is 24.4 Å². The van der Waals surface area contributed by atoms with Crippen LogP contribution < -0.4 is 5.43 Å². The number of fused-ring (bicyclic) bond motifs is 5. The summed E-state index contributed by atoms with van der Waals surface area (Å²) < 4.78 is 7.17. The molecule has 3 aliphatic rings. The van der Waals surface area contributed by atoms with Crippen LogP contribution >= 0.6 is 0 Å². The van der Waals surface area contributed by atoms with Gasteiger partial charge in [0.15, 0.2) is 17.7 Å². The van der Waals surface area contributed by atoms with Crippen molar-refractivity contribution in [1.29, 1.82) is 0 Å². The predicted molar refractivity (Wildman–Crippen MR) is 71.8 cm³/mol. The Morgan fingerprint density at radius 1 is 1.32 bits per heavy atom. The van der Waals surface area contributed by atoms with Gasteiger partial charge in [-0.05, 0) is 19.3 Å². The number of carboxylic acids is 1. The summed E-state index contributed by atoms with van der Waals surface area (Å²) in [5, 5.41) is 19.1. The first kappa shape index (κ1) is 13.3. The van der Waals surface area contributed by atoms with Gasteiger partial charge in [0.2, 0.25) is 5.43 Å². The van der Waals surface area contributed by atoms with Gasteiger partial charge in [-0.3, -0.25) is 9.59 Å². The molecule has 1 aromatic rings. The Balaban J connectivity index is 1.87. The van der Waals surface area contributed by atoms with Gasteiger partial charge in [-0.15, -0.1) is 0 Å². The number of rotatable bonds is 1. The quantitative estimate of drug-likeness (QED) is 0.755. The summed E-state index contributed by atoms with van der Waals surface area (Å²) >= 11 is 0. The average molecular weight is 306 g/mol. The third kappa shape index (κ3) is 1.64. The lowest BCUT2D eigenvalue weighted by atomic mass is 10.1. The molecule has 2 bridgehead atoms. The molecule has 1 saturated carbocycles. The van der Waals surface area contributed by atoms with Crippen LogP contribution in [-0.2, 0) is 11.3 Å². The Labute approximate surface area is 124 Å². The van der Waals surface area contributed by atoms with Crippen molar-refractivity contribution in [2.45, 2.75) is 44.2 Å². The SMILES string of the molecule is O=C(O)c1cn2c(c(O)c1=O)C(=O)N1[C@H]3CC[C@H](C3)O[C@@H]1C2. The van der Waals surface area contributed by atoms with Gasteiger partial charge in [0.05, 0.1) is 12.6 Å². The zero-order valence-electron chi connectivity index (χ0n) is 11.6. The molecule has 0 spiro atoms. The molecular formula is C14H14N2O6. The fourth-order valence-electron chi connectivity index (χ4n) is 3.71. The maximum atomic E-state index is 12.7. The molecule has 3 heterocycles. The van der Waals surface area contributed by atoms with Crippen molar-refractivity contribution in [2.75, 3.05) is 0 Å². The summed E-state index contributed by atoms with van der Waals surface area (Å²) in [6.07, 6.45) is 3.23. The zero-order valence-corrected chi connectivity index (χ0v) is 11.6. The molecule has 3 atom stereocenters. The molecule has 2 fully saturated rings. The van der Waals surface area contributed by atoms with Crippen LogP contribution in [0.1, 0.15) is 40.1 Å². The van der Waals surface area contributed by atoms with Crippen molar-refractivity contribution < 1.29 is 24.5 Å². The molecule has 2 N–H and O–H groups in total. The van der Waals surface area contributed by atoms with Gasteiger partial charge in [-0.25, -0.2) is 4.79 Å². The van der Waals surface area contributed by atoms with Crippen LogP contribution in [0.3, 0.4) is 0 Å². The van der Waals surface area contributed by atoms with Gasteiger partial charge in [0.25, 0.3) is 5.91 Å². The third-order valence-electron chi connectivity index (χ3n) is 4.69. The number of hydrogen-bond donors (Lipinski definition) is 2. The largest absolute Gasteiger partial charge is 0.503 e. The van der Waals surface area contributed by atoms with E-state index in [0.29, 0.717) is 0 Å². The molecule has 2 aliphatic heterocycles. The van der Waals surface area contributed by atoms with Gasteiger partial charge in [0, 0.05) is 12.2 Å². The monoisotopic (exact) mass is 306 g/mol. The molecule has 116 valence electrons. The van der Waals surface area contributed by atoms with E-state index in [4.69, 9.17) is 9.84 Å². The van der Waals surface area contributed by atoms with Crippen molar-refractivity contribution >= 4 is 11.9 Å². The highest BCUT2D eigenvalue weighted by atomic mass is 16.5. The van der Waals surface area contributed by atoms with E-state index in [9.17, 15) is 19.5 Å². The fraction of sp³-hybridized carbons (Fsp3) is 0.500. The molecule has 1 aromatic heterocycles. The minimum atomic E-state index is -1.44. The first-order valence-electron chi connectivity index (χ1n) is 7.15. The molecular weight excluding hydrogens is 292 g/mol. The summed E-state index contributed by atoms with van der Waals surface area (Å²) in [7, 11) is 0. The molecule has 0 radical (unpaired) electrons. The summed E-state index contributed by atoms with van der Waals surface area (Å²) in [6, 6.07) is 0.0543. The number of hydrogen-bond acceptors (Lipinski definition) is 5. The minimum Gasteiger partial charge on any atom is -0.503 e. The summed E-state index contributed by atoms with van der Waals surface area (Å²) in [4.78, 5) is 37.2. The van der Waals surface area contributed by atoms with Crippen LogP contribution in [0.25, 0.3) is 0 Å². The van der Waals surface area contributed by atoms with Gasteiger partial charge >= 0.3 is 5.97 Å². The molecule has 22 heavy (non-hydrogen) atoms. The molecule has 0 unspecified atom stereocenters. The van der Waals surface area contributed by atoms with E-state index in [1.54, 1.807) is 4.90 Å². The van der Waals surface area contributed by atoms with Crippen molar-refractivity contribution in [3.8, 4) is 5.75 Å². The van der Waals surface area contributed by atoms with E-state index in [2.05, 4.69) is 0 Å². The molecule has 1 aliphatic carbocycles. The van der Waals surface area contributed by atoms with E-state index in [0.717, 1.165) is 25.5 Å². The molecule has 0 aromatic carbocycles. The zero-order chi connectivity index (χ0) is 15.6. The van der Waals surface area contributed by atoms with Gasteiger partial charge in [-0.2, -0.15) is 0 Å². The number of aromatic carboxylic acids is 1. The molecule has 4 rings (SSSR count). The number of pyridine rings is 1. The highest BCUT2D eigenvalue weighted by Crippen LogP contribution is 2.38. The Morgan fingerprint density at radius 3 is 2.82 bits per heavy atom. The Kier molecular flexibility index (Phi) is 2.62. The maximum absolute atomic E-state index is 12.7. The standard InChI is InChI=1S/C14H14N2O6/c17-11-8(14(20)21)4-15-5-9-16(13(19)10(15)12(11)18)6-1-2-7(3-6)22-9/h4,6-7,9,18H,1-3,5H2,(H,20,21)/t6-,7+,9+/m0/s1. The highest BCUT2D eigenvalue weighted by Gasteiger charge is 2.47. The van der Waals surface area contributed by atoms with Gasteiger partial charge in [0.1, 0.15) is 5.56 Å². The molecule has 8 heteroatoms. The van der Waals surface area contributed by atoms with Crippen LogP contribution in [0.2, 0.25) is 0 Å². The number of ether oxygens (including phenoxy) is 1. The molecule has 8 nitrogen and oxygen atoms in total. The Hall–Kier alpha value is -2.35. The second-order valence-electron chi connectivity index (χ2n) is 5.92. The van der Waals surface area contributed by atoms with Crippen LogP contribution in [0.5, 0.6) is 5.75 Å². The van der Waals surface area contributed by atoms with Gasteiger partial charge < -0.3 is 24.4 Å².